The lowest BCUT2D eigenvalue weighted by Crippen LogP contribution is -2.22. The number of carbonyl (C=O) groups excluding carboxylic acids is 2. The highest BCUT2D eigenvalue weighted by atomic mass is 35.5. The first-order valence-electron chi connectivity index (χ1n) is 6.19. The Morgan fingerprint density at radius 3 is 3.05 bits per heavy atom. The molecule has 1 aromatic carbocycles. The Labute approximate surface area is 120 Å². The second kappa shape index (κ2) is 4.76. The van der Waals surface area contributed by atoms with Crippen LogP contribution in [0.1, 0.15) is 27.8 Å². The van der Waals surface area contributed by atoms with Crippen molar-refractivity contribution in [1.82, 2.24) is 9.55 Å². The van der Waals surface area contributed by atoms with Crippen molar-refractivity contribution < 1.29 is 9.59 Å². The minimum Gasteiger partial charge on any atom is -0.369 e. The second-order valence-electron chi connectivity index (χ2n) is 4.78. The number of carbonyl (C=O) groups is 2. The molecule has 6 heteroatoms. The highest BCUT2D eigenvalue weighted by Crippen LogP contribution is 2.32. The SMILES string of the molecule is NC(=O)Cc1nccn1C1Cc2ccc(Cl)cc2C1=O. The van der Waals surface area contributed by atoms with Gasteiger partial charge in [0, 0.05) is 29.4 Å². The van der Waals surface area contributed by atoms with Crippen LogP contribution in [0.5, 0.6) is 0 Å². The van der Waals surface area contributed by atoms with Gasteiger partial charge in [-0.05, 0) is 17.7 Å². The van der Waals surface area contributed by atoms with Gasteiger partial charge in [0.15, 0.2) is 5.78 Å². The molecule has 0 aliphatic heterocycles. The van der Waals surface area contributed by atoms with E-state index in [4.69, 9.17) is 17.3 Å². The number of nitrogens with zero attached hydrogens (tertiary/aromatic N) is 2. The van der Waals surface area contributed by atoms with E-state index in [-0.39, 0.29) is 18.2 Å². The molecule has 2 aromatic rings. The van der Waals surface area contributed by atoms with Crippen LogP contribution in [0.25, 0.3) is 0 Å². The summed E-state index contributed by atoms with van der Waals surface area (Å²) in [4.78, 5) is 27.6. The number of amides is 1. The highest BCUT2D eigenvalue weighted by molar-refractivity contribution is 6.31. The number of ketones is 1. The van der Waals surface area contributed by atoms with E-state index in [1.807, 2.05) is 6.07 Å². The number of imidazole rings is 1. The molecule has 1 aliphatic carbocycles. The van der Waals surface area contributed by atoms with Crippen LogP contribution in [0.4, 0.5) is 0 Å². The molecule has 5 nitrogen and oxygen atoms in total. The first-order chi connectivity index (χ1) is 9.56. The van der Waals surface area contributed by atoms with Crippen molar-refractivity contribution in [3.8, 4) is 0 Å². The summed E-state index contributed by atoms with van der Waals surface area (Å²) in [7, 11) is 0. The summed E-state index contributed by atoms with van der Waals surface area (Å²) in [6.45, 7) is 0. The van der Waals surface area contributed by atoms with E-state index in [0.717, 1.165) is 5.56 Å². The van der Waals surface area contributed by atoms with Gasteiger partial charge in [-0.3, -0.25) is 9.59 Å². The average molecular weight is 290 g/mol. The topological polar surface area (TPSA) is 78.0 Å². The fourth-order valence-corrected chi connectivity index (χ4v) is 2.75. The fourth-order valence-electron chi connectivity index (χ4n) is 2.58. The molecule has 1 atom stereocenters. The fraction of sp³-hybridized carbons (Fsp3) is 0.214. The molecule has 0 radical (unpaired) electrons. The maximum atomic E-state index is 12.5. The molecular formula is C14H12ClN3O2. The van der Waals surface area contributed by atoms with Gasteiger partial charge >= 0.3 is 0 Å². The van der Waals surface area contributed by atoms with Gasteiger partial charge in [0.05, 0.1) is 6.42 Å². The number of fused-ring (bicyclic) bond motifs is 1. The van der Waals surface area contributed by atoms with Gasteiger partial charge in [-0.1, -0.05) is 17.7 Å². The van der Waals surface area contributed by atoms with E-state index in [2.05, 4.69) is 4.98 Å². The first kappa shape index (κ1) is 12.9. The summed E-state index contributed by atoms with van der Waals surface area (Å²) in [5.41, 5.74) is 6.80. The van der Waals surface area contributed by atoms with Crippen molar-refractivity contribution in [2.75, 3.05) is 0 Å². The number of halogens is 1. The van der Waals surface area contributed by atoms with Gasteiger partial charge in [0.1, 0.15) is 11.9 Å². The van der Waals surface area contributed by atoms with Gasteiger partial charge in [-0.25, -0.2) is 4.98 Å². The number of aromatic nitrogens is 2. The molecule has 0 spiro atoms. The third-order valence-corrected chi connectivity index (χ3v) is 3.71. The molecular weight excluding hydrogens is 278 g/mol. The lowest BCUT2D eigenvalue weighted by atomic mass is 10.1. The highest BCUT2D eigenvalue weighted by Gasteiger charge is 2.33. The molecule has 0 fully saturated rings. The average Bonchev–Trinajstić information content (AvgIpc) is 2.94. The second-order valence-corrected chi connectivity index (χ2v) is 5.22. The number of hydrogen-bond donors (Lipinski definition) is 1. The van der Waals surface area contributed by atoms with Crippen molar-refractivity contribution in [1.29, 1.82) is 0 Å². The minimum absolute atomic E-state index is 0.00813. The van der Waals surface area contributed by atoms with Crippen LogP contribution < -0.4 is 5.73 Å². The van der Waals surface area contributed by atoms with Crippen LogP contribution in [0.15, 0.2) is 30.6 Å². The van der Waals surface area contributed by atoms with E-state index in [1.165, 1.54) is 0 Å². The van der Waals surface area contributed by atoms with E-state index in [1.54, 1.807) is 29.1 Å². The van der Waals surface area contributed by atoms with E-state index in [9.17, 15) is 9.59 Å². The number of rotatable bonds is 3. The monoisotopic (exact) mass is 289 g/mol. The third kappa shape index (κ3) is 2.10. The molecule has 0 saturated heterocycles. The number of benzene rings is 1. The Bertz CT molecular complexity index is 708. The molecule has 1 unspecified atom stereocenters. The molecule has 1 heterocycles. The van der Waals surface area contributed by atoms with Crippen LogP contribution >= 0.6 is 11.6 Å². The van der Waals surface area contributed by atoms with Crippen molar-refractivity contribution in [3.63, 3.8) is 0 Å². The van der Waals surface area contributed by atoms with Crippen molar-refractivity contribution in [2.45, 2.75) is 18.9 Å². The quantitative estimate of drug-likeness (QED) is 0.931. The number of primary amides is 1. The van der Waals surface area contributed by atoms with Crippen LogP contribution in [0.3, 0.4) is 0 Å². The van der Waals surface area contributed by atoms with Crippen LogP contribution in [-0.2, 0) is 17.6 Å². The van der Waals surface area contributed by atoms with Crippen LogP contribution in [0.2, 0.25) is 5.02 Å². The molecule has 0 saturated carbocycles. The Kier molecular flexibility index (Phi) is 3.06. The summed E-state index contributed by atoms with van der Waals surface area (Å²) in [5.74, 6) is 0.0319. The molecule has 1 amide bonds. The standard InChI is InChI=1S/C14H12ClN3O2/c15-9-2-1-8-5-11(14(20)10(8)6-9)18-4-3-17-13(18)7-12(16)19/h1-4,6,11H,5,7H2,(H2,16,19). The Balaban J connectivity index is 1.96. The number of Topliss-reactive ketones (excluding diaryl/α,β-unsaturated/α-hetero) is 1. The van der Waals surface area contributed by atoms with Gasteiger partial charge in [-0.2, -0.15) is 0 Å². The van der Waals surface area contributed by atoms with Crippen molar-refractivity contribution in [2.24, 2.45) is 5.73 Å². The number of hydrogen-bond acceptors (Lipinski definition) is 3. The zero-order valence-electron chi connectivity index (χ0n) is 10.5. The largest absolute Gasteiger partial charge is 0.369 e. The molecule has 2 N–H and O–H groups in total. The maximum Gasteiger partial charge on any atom is 0.225 e. The Morgan fingerprint density at radius 1 is 1.50 bits per heavy atom. The summed E-state index contributed by atoms with van der Waals surface area (Å²) in [6.07, 6.45) is 3.87. The molecule has 20 heavy (non-hydrogen) atoms. The zero-order chi connectivity index (χ0) is 14.3. The predicted molar refractivity (Wildman–Crippen MR) is 73.6 cm³/mol. The van der Waals surface area contributed by atoms with E-state index >= 15 is 0 Å². The number of nitrogens with two attached hydrogens (primary N) is 1. The molecule has 0 bridgehead atoms. The summed E-state index contributed by atoms with van der Waals surface area (Å²) in [6, 6.07) is 4.94. The van der Waals surface area contributed by atoms with Crippen molar-refractivity contribution in [3.05, 3.63) is 52.6 Å². The maximum absolute atomic E-state index is 12.5. The summed E-state index contributed by atoms with van der Waals surface area (Å²) in [5, 5.41) is 0.542. The zero-order valence-corrected chi connectivity index (χ0v) is 11.3. The summed E-state index contributed by atoms with van der Waals surface area (Å²) >= 11 is 5.93. The van der Waals surface area contributed by atoms with Gasteiger partial charge in [-0.15, -0.1) is 0 Å². The normalized spacial score (nSPS) is 17.2. The smallest absolute Gasteiger partial charge is 0.225 e. The van der Waals surface area contributed by atoms with Gasteiger partial charge in [0.25, 0.3) is 0 Å². The van der Waals surface area contributed by atoms with Gasteiger partial charge < -0.3 is 10.3 Å². The van der Waals surface area contributed by atoms with Crippen LogP contribution in [0, 0.1) is 0 Å². The minimum atomic E-state index is -0.469. The Hall–Kier alpha value is -2.14. The lowest BCUT2D eigenvalue weighted by Gasteiger charge is -2.13. The first-order valence-corrected chi connectivity index (χ1v) is 6.56. The lowest BCUT2D eigenvalue weighted by molar-refractivity contribution is -0.117. The van der Waals surface area contributed by atoms with Crippen molar-refractivity contribution >= 4 is 23.3 Å². The van der Waals surface area contributed by atoms with E-state index < -0.39 is 5.91 Å². The third-order valence-electron chi connectivity index (χ3n) is 3.47. The van der Waals surface area contributed by atoms with E-state index in [0.29, 0.717) is 22.8 Å². The molecule has 3 rings (SSSR count). The molecule has 1 aromatic heterocycles. The molecule has 102 valence electrons. The predicted octanol–water partition coefficient (Wildman–Crippen LogP) is 1.54. The summed E-state index contributed by atoms with van der Waals surface area (Å²) < 4.78 is 1.72. The Morgan fingerprint density at radius 2 is 2.30 bits per heavy atom. The van der Waals surface area contributed by atoms with Crippen LogP contribution in [-0.4, -0.2) is 21.2 Å². The molecule has 1 aliphatic rings. The van der Waals surface area contributed by atoms with Gasteiger partial charge in [0.2, 0.25) is 5.91 Å².